The third-order valence-corrected chi connectivity index (χ3v) is 2.16. The van der Waals surface area contributed by atoms with Gasteiger partial charge in [-0.3, -0.25) is 4.57 Å². The number of hydrogen-bond acceptors (Lipinski definition) is 4. The van der Waals surface area contributed by atoms with Crippen molar-refractivity contribution in [3.63, 3.8) is 0 Å². The zero-order chi connectivity index (χ0) is 10.1. The molecule has 0 radical (unpaired) electrons. The van der Waals surface area contributed by atoms with Crippen LogP contribution in [0, 0.1) is 13.8 Å². The van der Waals surface area contributed by atoms with Gasteiger partial charge >= 0.3 is 0 Å². The van der Waals surface area contributed by atoms with Crippen LogP contribution in [0.25, 0.3) is 5.82 Å². The number of anilines is 1. The molecule has 0 aliphatic carbocycles. The summed E-state index contributed by atoms with van der Waals surface area (Å²) < 4.78 is 1.88. The van der Waals surface area contributed by atoms with E-state index in [9.17, 15) is 0 Å². The molecule has 5 nitrogen and oxygen atoms in total. The smallest absolute Gasteiger partial charge is 0.156 e. The molecule has 2 rings (SSSR count). The van der Waals surface area contributed by atoms with Crippen LogP contribution in [0.15, 0.2) is 18.7 Å². The molecule has 2 aromatic heterocycles. The Hall–Kier alpha value is -1.91. The minimum absolute atomic E-state index is 0.420. The minimum atomic E-state index is 0.420. The van der Waals surface area contributed by atoms with Crippen LogP contribution in [0.2, 0.25) is 0 Å². The van der Waals surface area contributed by atoms with Crippen LogP contribution in [0.3, 0.4) is 0 Å². The fraction of sp³-hybridized carbons (Fsp3) is 0.222. The second-order valence-electron chi connectivity index (χ2n) is 3.08. The Balaban J connectivity index is 2.49. The third kappa shape index (κ3) is 1.32. The number of nitrogen functional groups attached to an aromatic ring is 1. The van der Waals surface area contributed by atoms with Crippen LogP contribution >= 0.6 is 0 Å². The Bertz CT molecular complexity index is 443. The highest BCUT2D eigenvalue weighted by Crippen LogP contribution is 2.10. The summed E-state index contributed by atoms with van der Waals surface area (Å²) in [5.41, 5.74) is 7.50. The number of hydrogen-bond donors (Lipinski definition) is 1. The van der Waals surface area contributed by atoms with Gasteiger partial charge in [0.05, 0.1) is 18.1 Å². The van der Waals surface area contributed by atoms with Gasteiger partial charge in [-0.15, -0.1) is 0 Å². The minimum Gasteiger partial charge on any atom is -0.382 e. The first-order valence-corrected chi connectivity index (χ1v) is 4.27. The average Bonchev–Trinajstić information content (AvgIpc) is 2.50. The average molecular weight is 189 g/mol. The van der Waals surface area contributed by atoms with E-state index in [2.05, 4.69) is 15.0 Å². The summed E-state index contributed by atoms with van der Waals surface area (Å²) >= 11 is 0. The molecule has 2 heterocycles. The second kappa shape index (κ2) is 3.10. The topological polar surface area (TPSA) is 69.6 Å². The molecule has 0 bridgehead atoms. The summed E-state index contributed by atoms with van der Waals surface area (Å²) in [6.07, 6.45) is 4.89. The lowest BCUT2D eigenvalue weighted by Crippen LogP contribution is -2.00. The van der Waals surface area contributed by atoms with E-state index in [-0.39, 0.29) is 0 Å². The quantitative estimate of drug-likeness (QED) is 0.722. The molecule has 0 atom stereocenters. The summed E-state index contributed by atoms with van der Waals surface area (Å²) in [5.74, 6) is 1.15. The van der Waals surface area contributed by atoms with Crippen molar-refractivity contribution >= 4 is 5.82 Å². The van der Waals surface area contributed by atoms with Gasteiger partial charge in [0.25, 0.3) is 0 Å². The van der Waals surface area contributed by atoms with Gasteiger partial charge in [-0.2, -0.15) is 0 Å². The Kier molecular flexibility index (Phi) is 1.92. The van der Waals surface area contributed by atoms with Crippen molar-refractivity contribution in [2.75, 3.05) is 5.73 Å². The van der Waals surface area contributed by atoms with Crippen LogP contribution in [0.5, 0.6) is 0 Å². The van der Waals surface area contributed by atoms with Crippen molar-refractivity contribution in [2.45, 2.75) is 13.8 Å². The second-order valence-corrected chi connectivity index (χ2v) is 3.08. The standard InChI is InChI=1S/C9H11N5/c1-6-7(2)14(5-13-6)9-4-11-8(10)3-12-9/h3-5H,1-2H3,(H2,10,11). The molecule has 5 heteroatoms. The summed E-state index contributed by atoms with van der Waals surface area (Å²) in [5, 5.41) is 0. The number of rotatable bonds is 1. The molecule has 0 aromatic carbocycles. The Morgan fingerprint density at radius 2 is 1.93 bits per heavy atom. The zero-order valence-corrected chi connectivity index (χ0v) is 8.10. The maximum Gasteiger partial charge on any atom is 0.156 e. The van der Waals surface area contributed by atoms with E-state index >= 15 is 0 Å². The first kappa shape index (κ1) is 8.68. The van der Waals surface area contributed by atoms with Crippen LogP contribution in [-0.4, -0.2) is 19.5 Å². The number of nitrogens with two attached hydrogens (primary N) is 1. The Morgan fingerprint density at radius 3 is 2.43 bits per heavy atom. The van der Waals surface area contributed by atoms with E-state index in [1.165, 1.54) is 6.20 Å². The molecule has 0 saturated heterocycles. The van der Waals surface area contributed by atoms with E-state index < -0.39 is 0 Å². The number of nitrogens with zero attached hydrogens (tertiary/aromatic N) is 4. The van der Waals surface area contributed by atoms with Crippen molar-refractivity contribution in [3.05, 3.63) is 30.1 Å². The van der Waals surface area contributed by atoms with Crippen LogP contribution in [0.4, 0.5) is 5.82 Å². The predicted molar refractivity (Wildman–Crippen MR) is 53.0 cm³/mol. The Labute approximate surface area is 81.6 Å². The first-order valence-electron chi connectivity index (χ1n) is 4.27. The number of imidazole rings is 1. The highest BCUT2D eigenvalue weighted by atomic mass is 15.1. The molecule has 0 aliphatic heterocycles. The fourth-order valence-electron chi connectivity index (χ4n) is 1.19. The molecular weight excluding hydrogens is 178 g/mol. The molecule has 2 N–H and O–H groups in total. The molecule has 0 saturated carbocycles. The third-order valence-electron chi connectivity index (χ3n) is 2.16. The molecule has 0 aliphatic rings. The van der Waals surface area contributed by atoms with Crippen LogP contribution in [-0.2, 0) is 0 Å². The summed E-state index contributed by atoms with van der Waals surface area (Å²) in [6.45, 7) is 3.94. The normalized spacial score (nSPS) is 10.4. The maximum absolute atomic E-state index is 5.45. The van der Waals surface area contributed by atoms with Crippen molar-refractivity contribution in [3.8, 4) is 5.82 Å². The molecule has 0 fully saturated rings. The fourth-order valence-corrected chi connectivity index (χ4v) is 1.19. The molecule has 0 amide bonds. The lowest BCUT2D eigenvalue weighted by Gasteiger charge is -2.03. The maximum atomic E-state index is 5.45. The van der Waals surface area contributed by atoms with Gasteiger partial charge < -0.3 is 5.73 Å². The molecule has 72 valence electrons. The molecular formula is C9H11N5. The molecule has 14 heavy (non-hydrogen) atoms. The monoisotopic (exact) mass is 189 g/mol. The number of aromatic nitrogens is 4. The van der Waals surface area contributed by atoms with E-state index in [4.69, 9.17) is 5.73 Å². The number of aryl methyl sites for hydroxylation is 1. The largest absolute Gasteiger partial charge is 0.382 e. The van der Waals surface area contributed by atoms with Crippen molar-refractivity contribution in [2.24, 2.45) is 0 Å². The zero-order valence-electron chi connectivity index (χ0n) is 8.10. The van der Waals surface area contributed by atoms with Gasteiger partial charge in [0.1, 0.15) is 12.1 Å². The van der Waals surface area contributed by atoms with E-state index in [1.807, 2.05) is 18.4 Å². The van der Waals surface area contributed by atoms with Gasteiger partial charge in [0.2, 0.25) is 0 Å². The molecule has 0 unspecified atom stereocenters. The lowest BCUT2D eigenvalue weighted by molar-refractivity contribution is 0.936. The van der Waals surface area contributed by atoms with Crippen molar-refractivity contribution in [1.29, 1.82) is 0 Å². The van der Waals surface area contributed by atoms with Gasteiger partial charge in [0, 0.05) is 5.69 Å². The lowest BCUT2D eigenvalue weighted by atomic mass is 10.4. The van der Waals surface area contributed by atoms with Crippen molar-refractivity contribution in [1.82, 2.24) is 19.5 Å². The highest BCUT2D eigenvalue weighted by molar-refractivity contribution is 5.30. The van der Waals surface area contributed by atoms with Gasteiger partial charge in [-0.1, -0.05) is 0 Å². The van der Waals surface area contributed by atoms with E-state index in [0.717, 1.165) is 17.2 Å². The SMILES string of the molecule is Cc1ncn(-c2cnc(N)cn2)c1C. The van der Waals surface area contributed by atoms with Gasteiger partial charge in [-0.25, -0.2) is 15.0 Å². The molecule has 2 aromatic rings. The molecule has 0 spiro atoms. The van der Waals surface area contributed by atoms with Gasteiger partial charge in [-0.05, 0) is 13.8 Å². The summed E-state index contributed by atoms with van der Waals surface area (Å²) in [6, 6.07) is 0. The van der Waals surface area contributed by atoms with Gasteiger partial charge in [0.15, 0.2) is 5.82 Å². The summed E-state index contributed by atoms with van der Waals surface area (Å²) in [4.78, 5) is 12.3. The summed E-state index contributed by atoms with van der Waals surface area (Å²) in [7, 11) is 0. The predicted octanol–water partition coefficient (Wildman–Crippen LogP) is 0.861. The van der Waals surface area contributed by atoms with Crippen molar-refractivity contribution < 1.29 is 0 Å². The first-order chi connectivity index (χ1) is 6.68. The van der Waals surface area contributed by atoms with Crippen LogP contribution in [0.1, 0.15) is 11.4 Å². The van der Waals surface area contributed by atoms with E-state index in [1.54, 1.807) is 12.5 Å². The highest BCUT2D eigenvalue weighted by Gasteiger charge is 2.04. The van der Waals surface area contributed by atoms with E-state index in [0.29, 0.717) is 5.82 Å². The van der Waals surface area contributed by atoms with Crippen LogP contribution < -0.4 is 5.73 Å². The Morgan fingerprint density at radius 1 is 1.14 bits per heavy atom.